The van der Waals surface area contributed by atoms with Gasteiger partial charge in [-0.2, -0.15) is 0 Å². The number of carbonyl (C=O) groups is 2. The highest BCUT2D eigenvalue weighted by atomic mass is 16.5. The fourth-order valence-electron chi connectivity index (χ4n) is 2.11. The van der Waals surface area contributed by atoms with E-state index < -0.39 is 11.9 Å². The molecule has 0 saturated heterocycles. The van der Waals surface area contributed by atoms with E-state index in [1.165, 1.54) is 11.1 Å². The molecule has 8 heteroatoms. The fraction of sp³-hybridized carbons (Fsp3) is 0.579. The number of ether oxygens (including phenoxy) is 2. The number of hydrogen-bond acceptors (Lipinski definition) is 6. The van der Waals surface area contributed by atoms with E-state index in [2.05, 4.69) is 51.2 Å². The van der Waals surface area contributed by atoms with Gasteiger partial charge in [0.05, 0.1) is 13.2 Å². The third-order valence-electron chi connectivity index (χ3n) is 3.42. The van der Waals surface area contributed by atoms with Crippen LogP contribution in [-0.2, 0) is 19.7 Å². The number of benzene rings is 1. The molecule has 0 heterocycles. The quantitative estimate of drug-likeness (QED) is 0.371. The zero-order chi connectivity index (χ0) is 20.9. The summed E-state index contributed by atoms with van der Waals surface area (Å²) in [5, 5.41) is 18.0. The predicted octanol–water partition coefficient (Wildman–Crippen LogP) is 1.39. The number of carboxylic acids is 2. The summed E-state index contributed by atoms with van der Waals surface area (Å²) in [6, 6.07) is 6.31. The lowest BCUT2D eigenvalue weighted by Gasteiger charge is -2.24. The minimum atomic E-state index is -1.82. The van der Waals surface area contributed by atoms with Gasteiger partial charge >= 0.3 is 11.9 Å². The summed E-state index contributed by atoms with van der Waals surface area (Å²) in [4.78, 5) is 18.2. The van der Waals surface area contributed by atoms with Crippen molar-refractivity contribution in [2.45, 2.75) is 33.1 Å². The lowest BCUT2D eigenvalue weighted by molar-refractivity contribution is -0.159. The number of aryl methyl sites for hydroxylation is 1. The van der Waals surface area contributed by atoms with Crippen LogP contribution in [0.2, 0.25) is 0 Å². The highest BCUT2D eigenvalue weighted by molar-refractivity contribution is 6.27. The highest BCUT2D eigenvalue weighted by Gasteiger charge is 2.19. The maximum absolute atomic E-state index is 9.10. The molecule has 0 aliphatic heterocycles. The Morgan fingerprint density at radius 3 is 2.22 bits per heavy atom. The third-order valence-corrected chi connectivity index (χ3v) is 3.42. The van der Waals surface area contributed by atoms with E-state index >= 15 is 0 Å². The van der Waals surface area contributed by atoms with Gasteiger partial charge in [0.25, 0.3) is 0 Å². The molecule has 27 heavy (non-hydrogen) atoms. The van der Waals surface area contributed by atoms with Gasteiger partial charge in [0.2, 0.25) is 0 Å². The van der Waals surface area contributed by atoms with Gasteiger partial charge < -0.3 is 30.7 Å². The number of hydrogen-bond donors (Lipinski definition) is 4. The first-order valence-corrected chi connectivity index (χ1v) is 8.78. The Labute approximate surface area is 160 Å². The van der Waals surface area contributed by atoms with Crippen LogP contribution in [-0.4, -0.2) is 61.6 Å². The number of rotatable bonds is 9. The van der Waals surface area contributed by atoms with Crippen LogP contribution < -0.4 is 15.8 Å². The second-order valence-corrected chi connectivity index (χ2v) is 6.81. The molecule has 8 nitrogen and oxygen atoms in total. The van der Waals surface area contributed by atoms with Crippen LogP contribution in [0.15, 0.2) is 18.2 Å². The molecule has 0 fully saturated rings. The molecule has 5 N–H and O–H groups in total. The van der Waals surface area contributed by atoms with Gasteiger partial charge in [-0.3, -0.25) is 0 Å². The van der Waals surface area contributed by atoms with E-state index in [0.29, 0.717) is 26.4 Å². The van der Waals surface area contributed by atoms with Crippen molar-refractivity contribution in [3.05, 3.63) is 29.3 Å². The SMILES string of the molecule is Cc1cccc(C(C)(C)C)c1OCCOCCNCCN.O=C(O)C(=O)O. The van der Waals surface area contributed by atoms with Crippen LogP contribution in [0.3, 0.4) is 0 Å². The first kappa shape index (κ1) is 24.8. The van der Waals surface area contributed by atoms with Crippen molar-refractivity contribution in [3.8, 4) is 5.75 Å². The Bertz CT molecular complexity index is 572. The van der Waals surface area contributed by atoms with Crippen molar-refractivity contribution in [2.24, 2.45) is 5.73 Å². The second-order valence-electron chi connectivity index (χ2n) is 6.81. The molecule has 0 atom stereocenters. The van der Waals surface area contributed by atoms with Gasteiger partial charge in [0.15, 0.2) is 0 Å². The molecule has 1 rings (SSSR count). The Morgan fingerprint density at radius 2 is 1.70 bits per heavy atom. The topological polar surface area (TPSA) is 131 Å². The van der Waals surface area contributed by atoms with Crippen molar-refractivity contribution >= 4 is 11.9 Å². The van der Waals surface area contributed by atoms with E-state index in [0.717, 1.165) is 18.8 Å². The Hall–Kier alpha value is -2.16. The van der Waals surface area contributed by atoms with E-state index in [-0.39, 0.29) is 5.41 Å². The van der Waals surface area contributed by atoms with E-state index in [9.17, 15) is 0 Å². The van der Waals surface area contributed by atoms with Crippen LogP contribution >= 0.6 is 0 Å². The molecule has 0 amide bonds. The van der Waals surface area contributed by atoms with Gasteiger partial charge in [-0.25, -0.2) is 9.59 Å². The molecular formula is C19H32N2O6. The lowest BCUT2D eigenvalue weighted by atomic mass is 9.85. The predicted molar refractivity (Wildman–Crippen MR) is 103 cm³/mol. The molecular weight excluding hydrogens is 352 g/mol. The van der Waals surface area contributed by atoms with Gasteiger partial charge in [-0.1, -0.05) is 39.0 Å². The van der Waals surface area contributed by atoms with Crippen molar-refractivity contribution in [1.29, 1.82) is 0 Å². The van der Waals surface area contributed by atoms with E-state index in [1.807, 2.05) is 0 Å². The lowest BCUT2D eigenvalue weighted by Crippen LogP contribution is -2.26. The van der Waals surface area contributed by atoms with Crippen LogP contribution in [0, 0.1) is 6.92 Å². The smallest absolute Gasteiger partial charge is 0.414 e. The van der Waals surface area contributed by atoms with Crippen LogP contribution in [0.1, 0.15) is 31.9 Å². The zero-order valence-electron chi connectivity index (χ0n) is 16.6. The van der Waals surface area contributed by atoms with Gasteiger partial charge in [0, 0.05) is 19.6 Å². The molecule has 0 saturated carbocycles. The third kappa shape index (κ3) is 11.2. The first-order chi connectivity index (χ1) is 12.6. The molecule has 0 unspecified atom stereocenters. The molecule has 0 radical (unpaired) electrons. The Balaban J connectivity index is 0.000000972. The number of para-hydroxylation sites is 1. The van der Waals surface area contributed by atoms with Gasteiger partial charge in [-0.05, 0) is 23.5 Å². The highest BCUT2D eigenvalue weighted by Crippen LogP contribution is 2.33. The first-order valence-electron chi connectivity index (χ1n) is 8.78. The molecule has 0 aromatic heterocycles. The average molecular weight is 384 g/mol. The summed E-state index contributed by atoms with van der Waals surface area (Å²) in [6.45, 7) is 12.9. The molecule has 1 aromatic carbocycles. The van der Waals surface area contributed by atoms with Crippen molar-refractivity contribution in [1.82, 2.24) is 5.32 Å². The zero-order valence-corrected chi connectivity index (χ0v) is 16.6. The standard InChI is InChI=1S/C17H30N2O2.C2H2O4/c1-14-6-5-7-15(17(2,3)4)16(14)21-13-12-20-11-10-19-9-8-18;3-1(4)2(5)6/h5-7,19H,8-13,18H2,1-4H3;(H,3,4)(H,5,6). The Kier molecular flexibility index (Phi) is 12.0. The van der Waals surface area contributed by atoms with Crippen LogP contribution in [0.4, 0.5) is 0 Å². The van der Waals surface area contributed by atoms with Gasteiger partial charge in [-0.15, -0.1) is 0 Å². The second kappa shape index (κ2) is 13.1. The number of aliphatic carboxylic acids is 2. The number of nitrogens with one attached hydrogen (secondary N) is 1. The molecule has 0 aliphatic rings. The summed E-state index contributed by atoms with van der Waals surface area (Å²) < 4.78 is 11.5. The molecule has 0 spiro atoms. The van der Waals surface area contributed by atoms with Crippen LogP contribution in [0.25, 0.3) is 0 Å². The summed E-state index contributed by atoms with van der Waals surface area (Å²) in [5.41, 5.74) is 7.89. The van der Waals surface area contributed by atoms with Gasteiger partial charge in [0.1, 0.15) is 12.4 Å². The monoisotopic (exact) mass is 384 g/mol. The minimum Gasteiger partial charge on any atom is -0.491 e. The minimum absolute atomic E-state index is 0.0777. The molecule has 0 bridgehead atoms. The molecule has 0 aliphatic carbocycles. The van der Waals surface area contributed by atoms with Crippen molar-refractivity contribution in [2.75, 3.05) is 39.5 Å². The number of carboxylic acid groups (broad SMARTS) is 2. The maximum atomic E-state index is 9.10. The summed E-state index contributed by atoms with van der Waals surface area (Å²) in [5.74, 6) is -2.65. The fourth-order valence-corrected chi connectivity index (χ4v) is 2.11. The molecule has 154 valence electrons. The average Bonchev–Trinajstić information content (AvgIpc) is 2.58. The van der Waals surface area contributed by atoms with Crippen molar-refractivity contribution < 1.29 is 29.3 Å². The van der Waals surface area contributed by atoms with E-state index in [4.69, 9.17) is 35.0 Å². The van der Waals surface area contributed by atoms with Crippen LogP contribution in [0.5, 0.6) is 5.75 Å². The Morgan fingerprint density at radius 1 is 1.07 bits per heavy atom. The molecule has 1 aromatic rings. The summed E-state index contributed by atoms with van der Waals surface area (Å²) in [6.07, 6.45) is 0. The van der Waals surface area contributed by atoms with Crippen molar-refractivity contribution in [3.63, 3.8) is 0 Å². The maximum Gasteiger partial charge on any atom is 0.414 e. The normalized spacial score (nSPS) is 10.7. The van der Waals surface area contributed by atoms with E-state index in [1.54, 1.807) is 0 Å². The number of nitrogens with two attached hydrogens (primary N) is 1. The largest absolute Gasteiger partial charge is 0.491 e. The summed E-state index contributed by atoms with van der Waals surface area (Å²) >= 11 is 0. The summed E-state index contributed by atoms with van der Waals surface area (Å²) in [7, 11) is 0.